The van der Waals surface area contributed by atoms with Crippen LogP contribution in [0.25, 0.3) is 5.69 Å². The fourth-order valence-corrected chi connectivity index (χ4v) is 4.95. The van der Waals surface area contributed by atoms with Gasteiger partial charge in [-0.25, -0.2) is 4.98 Å². The minimum absolute atomic E-state index is 0.0537. The third kappa shape index (κ3) is 3.77. The zero-order chi connectivity index (χ0) is 20.5. The van der Waals surface area contributed by atoms with Crippen LogP contribution in [0.2, 0.25) is 0 Å². The standard InChI is InChI=1S/C25H28N4O/c1-18-26-12-14-29(18)23-10-8-22(9-11-23)27-25(30)21-7-4-13-28(17-21)24-15-19-5-2-3-6-20(19)16-24/h2-3,5-6,8-12,14,21,24H,4,7,13,15-17H2,1H3,(H,27,30). The molecule has 0 spiro atoms. The van der Waals surface area contributed by atoms with Gasteiger partial charge in [0, 0.05) is 36.4 Å². The van der Waals surface area contributed by atoms with E-state index in [1.165, 1.54) is 11.1 Å². The molecule has 2 aliphatic rings. The van der Waals surface area contributed by atoms with Crippen LogP contribution >= 0.6 is 0 Å². The second-order valence-corrected chi connectivity index (χ2v) is 8.55. The summed E-state index contributed by atoms with van der Waals surface area (Å²) in [5.41, 5.74) is 4.85. The number of imidazole rings is 1. The number of aryl methyl sites for hydroxylation is 1. The first-order valence-corrected chi connectivity index (χ1v) is 10.9. The van der Waals surface area contributed by atoms with Gasteiger partial charge in [0.15, 0.2) is 0 Å². The van der Waals surface area contributed by atoms with Crippen molar-refractivity contribution in [3.63, 3.8) is 0 Å². The van der Waals surface area contributed by atoms with Gasteiger partial charge >= 0.3 is 0 Å². The predicted octanol–water partition coefficient (Wildman–Crippen LogP) is 4.00. The number of nitrogens with zero attached hydrogens (tertiary/aromatic N) is 3. The molecule has 1 aliphatic carbocycles. The lowest BCUT2D eigenvalue weighted by molar-refractivity contribution is -0.121. The lowest BCUT2D eigenvalue weighted by Crippen LogP contribution is -2.46. The zero-order valence-electron chi connectivity index (χ0n) is 17.4. The lowest BCUT2D eigenvalue weighted by atomic mass is 9.95. The van der Waals surface area contributed by atoms with E-state index in [4.69, 9.17) is 0 Å². The molecule has 154 valence electrons. The molecule has 1 aliphatic heterocycles. The number of nitrogens with one attached hydrogen (secondary N) is 1. The Morgan fingerprint density at radius 2 is 1.80 bits per heavy atom. The molecule has 1 saturated heterocycles. The molecule has 1 aromatic heterocycles. The highest BCUT2D eigenvalue weighted by molar-refractivity contribution is 5.92. The molecular weight excluding hydrogens is 372 g/mol. The number of piperidine rings is 1. The lowest BCUT2D eigenvalue weighted by Gasteiger charge is -2.36. The zero-order valence-corrected chi connectivity index (χ0v) is 17.4. The van der Waals surface area contributed by atoms with Crippen LogP contribution < -0.4 is 5.32 Å². The summed E-state index contributed by atoms with van der Waals surface area (Å²) in [4.78, 5) is 19.8. The van der Waals surface area contributed by atoms with E-state index in [0.717, 1.165) is 56.0 Å². The Hall–Kier alpha value is -2.92. The number of fused-ring (bicyclic) bond motifs is 1. The van der Waals surface area contributed by atoms with E-state index in [1.807, 2.05) is 42.0 Å². The molecule has 1 fully saturated rings. The highest BCUT2D eigenvalue weighted by Gasteiger charge is 2.32. The number of likely N-dealkylation sites (tertiary alicyclic amines) is 1. The number of hydrogen-bond acceptors (Lipinski definition) is 3. The van der Waals surface area contributed by atoms with Crippen LogP contribution in [-0.4, -0.2) is 39.5 Å². The van der Waals surface area contributed by atoms with Gasteiger partial charge in [0.1, 0.15) is 5.82 Å². The molecule has 5 nitrogen and oxygen atoms in total. The maximum atomic E-state index is 13.0. The van der Waals surface area contributed by atoms with E-state index >= 15 is 0 Å². The number of hydrogen-bond donors (Lipinski definition) is 1. The van der Waals surface area contributed by atoms with E-state index in [1.54, 1.807) is 6.20 Å². The summed E-state index contributed by atoms with van der Waals surface area (Å²) in [7, 11) is 0. The van der Waals surface area contributed by atoms with Gasteiger partial charge in [-0.05, 0) is 74.5 Å². The quantitative estimate of drug-likeness (QED) is 0.720. The summed E-state index contributed by atoms with van der Waals surface area (Å²) in [6.07, 6.45) is 8.01. The van der Waals surface area contributed by atoms with Crippen molar-refractivity contribution >= 4 is 11.6 Å². The largest absolute Gasteiger partial charge is 0.326 e. The maximum absolute atomic E-state index is 13.0. The van der Waals surface area contributed by atoms with Gasteiger partial charge < -0.3 is 9.88 Å². The summed E-state index contributed by atoms with van der Waals surface area (Å²) in [5, 5.41) is 3.14. The summed E-state index contributed by atoms with van der Waals surface area (Å²) in [6, 6.07) is 17.3. The molecule has 5 heteroatoms. The average Bonchev–Trinajstić information content (AvgIpc) is 3.40. The van der Waals surface area contributed by atoms with Gasteiger partial charge in [0.05, 0.1) is 5.92 Å². The molecule has 1 amide bonds. The normalized spacial score (nSPS) is 19.6. The topological polar surface area (TPSA) is 50.2 Å². The molecule has 2 heterocycles. The first-order valence-electron chi connectivity index (χ1n) is 10.9. The van der Waals surface area contributed by atoms with Crippen LogP contribution in [0, 0.1) is 12.8 Å². The molecule has 2 aromatic carbocycles. The Balaban J connectivity index is 1.21. The summed E-state index contributed by atoms with van der Waals surface area (Å²) in [6.45, 7) is 3.94. The SMILES string of the molecule is Cc1nccn1-c1ccc(NC(=O)C2CCCN(C3Cc4ccccc4C3)C2)cc1. The number of carbonyl (C=O) groups is 1. The van der Waals surface area contributed by atoms with Crippen molar-refractivity contribution in [3.8, 4) is 5.69 Å². The number of rotatable bonds is 4. The van der Waals surface area contributed by atoms with Crippen molar-refractivity contribution in [2.24, 2.45) is 5.92 Å². The van der Waals surface area contributed by atoms with Gasteiger partial charge in [-0.15, -0.1) is 0 Å². The average molecular weight is 401 g/mol. The maximum Gasteiger partial charge on any atom is 0.228 e. The molecule has 0 saturated carbocycles. The van der Waals surface area contributed by atoms with Crippen molar-refractivity contribution in [1.82, 2.24) is 14.5 Å². The van der Waals surface area contributed by atoms with Crippen molar-refractivity contribution in [2.75, 3.05) is 18.4 Å². The summed E-state index contributed by atoms with van der Waals surface area (Å²) < 4.78 is 2.03. The van der Waals surface area contributed by atoms with Gasteiger partial charge in [0.2, 0.25) is 5.91 Å². The number of carbonyl (C=O) groups excluding carboxylic acids is 1. The smallest absolute Gasteiger partial charge is 0.228 e. The first-order chi connectivity index (χ1) is 14.7. The molecule has 0 radical (unpaired) electrons. The van der Waals surface area contributed by atoms with E-state index in [0.29, 0.717) is 6.04 Å². The second kappa shape index (κ2) is 8.07. The van der Waals surface area contributed by atoms with Crippen molar-refractivity contribution in [3.05, 3.63) is 77.9 Å². The van der Waals surface area contributed by atoms with Crippen LogP contribution in [0.15, 0.2) is 60.9 Å². The van der Waals surface area contributed by atoms with Crippen molar-refractivity contribution in [1.29, 1.82) is 0 Å². The molecule has 5 rings (SSSR count). The van der Waals surface area contributed by atoms with E-state index < -0.39 is 0 Å². The monoisotopic (exact) mass is 400 g/mol. The van der Waals surface area contributed by atoms with Crippen LogP contribution in [0.3, 0.4) is 0 Å². The number of benzene rings is 2. The molecule has 3 aromatic rings. The van der Waals surface area contributed by atoms with Crippen molar-refractivity contribution in [2.45, 2.75) is 38.6 Å². The second-order valence-electron chi connectivity index (χ2n) is 8.55. The third-order valence-electron chi connectivity index (χ3n) is 6.61. The van der Waals surface area contributed by atoms with Crippen LogP contribution in [0.4, 0.5) is 5.69 Å². The molecular formula is C25H28N4O. The highest BCUT2D eigenvalue weighted by atomic mass is 16.1. The number of anilines is 1. The van der Waals surface area contributed by atoms with Crippen molar-refractivity contribution < 1.29 is 4.79 Å². The van der Waals surface area contributed by atoms with E-state index in [2.05, 4.69) is 39.5 Å². The summed E-state index contributed by atoms with van der Waals surface area (Å²) in [5.74, 6) is 1.14. The van der Waals surface area contributed by atoms with Gasteiger partial charge in [0.25, 0.3) is 0 Å². The summed E-state index contributed by atoms with van der Waals surface area (Å²) >= 11 is 0. The van der Waals surface area contributed by atoms with Crippen LogP contribution in [0.1, 0.15) is 29.8 Å². The highest BCUT2D eigenvalue weighted by Crippen LogP contribution is 2.29. The first kappa shape index (κ1) is 19.1. The third-order valence-corrected chi connectivity index (χ3v) is 6.61. The Kier molecular flexibility index (Phi) is 5.13. The predicted molar refractivity (Wildman–Crippen MR) is 119 cm³/mol. The van der Waals surface area contributed by atoms with Gasteiger partial charge in [-0.1, -0.05) is 24.3 Å². The minimum Gasteiger partial charge on any atom is -0.326 e. The minimum atomic E-state index is 0.0537. The Morgan fingerprint density at radius 1 is 1.07 bits per heavy atom. The van der Waals surface area contributed by atoms with Crippen LogP contribution in [0.5, 0.6) is 0 Å². The number of amides is 1. The Bertz CT molecular complexity index is 1010. The van der Waals surface area contributed by atoms with Gasteiger partial charge in [-0.2, -0.15) is 0 Å². The van der Waals surface area contributed by atoms with E-state index in [9.17, 15) is 4.79 Å². The molecule has 0 bridgehead atoms. The Morgan fingerprint density at radius 3 is 2.47 bits per heavy atom. The fourth-order valence-electron chi connectivity index (χ4n) is 4.95. The van der Waals surface area contributed by atoms with Crippen LogP contribution in [-0.2, 0) is 17.6 Å². The fraction of sp³-hybridized carbons (Fsp3) is 0.360. The van der Waals surface area contributed by atoms with E-state index in [-0.39, 0.29) is 11.8 Å². The molecule has 1 unspecified atom stereocenters. The molecule has 1 N–H and O–H groups in total. The number of aromatic nitrogens is 2. The molecule has 1 atom stereocenters. The Labute approximate surface area is 177 Å². The molecule has 30 heavy (non-hydrogen) atoms. The van der Waals surface area contributed by atoms with Gasteiger partial charge in [-0.3, -0.25) is 9.69 Å².